The predicted octanol–water partition coefficient (Wildman–Crippen LogP) is 1.25. The summed E-state index contributed by atoms with van der Waals surface area (Å²) in [6.07, 6.45) is 3.06. The second kappa shape index (κ2) is 7.89. The van der Waals surface area contributed by atoms with Crippen molar-refractivity contribution in [1.82, 2.24) is 20.1 Å². The fourth-order valence-corrected chi connectivity index (χ4v) is 1.90. The third kappa shape index (κ3) is 4.63. The molecule has 0 amide bonds. The number of aliphatic carboxylic acids is 1. The van der Waals surface area contributed by atoms with Crippen LogP contribution in [0, 0.1) is 0 Å². The first-order valence-corrected chi connectivity index (χ1v) is 7.01. The van der Waals surface area contributed by atoms with Gasteiger partial charge in [0, 0.05) is 19.4 Å². The average molecular weight is 268 g/mol. The molecule has 0 spiro atoms. The minimum atomic E-state index is -0.803. The molecule has 1 unspecified atom stereocenters. The summed E-state index contributed by atoms with van der Waals surface area (Å²) in [5.41, 5.74) is 0. The van der Waals surface area contributed by atoms with Gasteiger partial charge in [0.2, 0.25) is 0 Å². The molecule has 0 aliphatic rings. The first-order valence-electron chi connectivity index (χ1n) is 7.01. The van der Waals surface area contributed by atoms with Crippen molar-refractivity contribution in [3.63, 3.8) is 0 Å². The van der Waals surface area contributed by atoms with Crippen molar-refractivity contribution in [2.24, 2.45) is 0 Å². The van der Waals surface area contributed by atoms with E-state index in [4.69, 9.17) is 5.11 Å². The quantitative estimate of drug-likeness (QED) is 0.704. The Morgan fingerprint density at radius 2 is 2.11 bits per heavy atom. The molecule has 108 valence electrons. The Bertz CT molecular complexity index is 403. The number of carboxylic acids is 1. The maximum Gasteiger partial charge on any atom is 0.320 e. The van der Waals surface area contributed by atoms with Crippen LogP contribution < -0.4 is 5.32 Å². The Labute approximate surface area is 114 Å². The molecular formula is C13H24N4O2. The van der Waals surface area contributed by atoms with Crippen LogP contribution in [0.2, 0.25) is 0 Å². The first-order chi connectivity index (χ1) is 9.12. The van der Waals surface area contributed by atoms with Gasteiger partial charge in [-0.25, -0.2) is 9.67 Å². The Hall–Kier alpha value is -1.43. The highest BCUT2D eigenvalue weighted by Gasteiger charge is 2.17. The summed E-state index contributed by atoms with van der Waals surface area (Å²) in [6.45, 7) is 7.37. The lowest BCUT2D eigenvalue weighted by Gasteiger charge is -2.14. The molecule has 6 nitrogen and oxygen atoms in total. The zero-order valence-corrected chi connectivity index (χ0v) is 12.0. The molecule has 1 aromatic heterocycles. The Morgan fingerprint density at radius 3 is 2.63 bits per heavy atom. The van der Waals surface area contributed by atoms with Crippen LogP contribution in [0.1, 0.15) is 45.3 Å². The molecule has 0 aromatic carbocycles. The van der Waals surface area contributed by atoms with Crippen molar-refractivity contribution in [3.8, 4) is 0 Å². The molecule has 0 saturated heterocycles. The number of aryl methyl sites for hydroxylation is 3. The minimum Gasteiger partial charge on any atom is -0.480 e. The Balaban J connectivity index is 2.62. The molecule has 1 atom stereocenters. The Morgan fingerprint density at radius 1 is 1.37 bits per heavy atom. The number of rotatable bonds is 9. The van der Waals surface area contributed by atoms with Crippen molar-refractivity contribution in [2.75, 3.05) is 6.54 Å². The molecule has 19 heavy (non-hydrogen) atoms. The van der Waals surface area contributed by atoms with Gasteiger partial charge in [0.1, 0.15) is 11.9 Å². The SMILES string of the molecule is CCCNC(CCn1nc(CC)nc1CC)C(=O)O. The van der Waals surface area contributed by atoms with Crippen molar-refractivity contribution < 1.29 is 9.90 Å². The van der Waals surface area contributed by atoms with Gasteiger partial charge in [0.05, 0.1) is 0 Å². The average Bonchev–Trinajstić information content (AvgIpc) is 2.80. The molecule has 1 aromatic rings. The number of nitrogens with one attached hydrogen (secondary N) is 1. The van der Waals surface area contributed by atoms with Crippen molar-refractivity contribution in [2.45, 2.75) is 59.0 Å². The summed E-state index contributed by atoms with van der Waals surface area (Å²) in [4.78, 5) is 15.6. The van der Waals surface area contributed by atoms with E-state index in [0.29, 0.717) is 13.0 Å². The highest BCUT2D eigenvalue weighted by molar-refractivity contribution is 5.73. The van der Waals surface area contributed by atoms with Crippen LogP contribution in [0.25, 0.3) is 0 Å². The van der Waals surface area contributed by atoms with E-state index in [9.17, 15) is 4.79 Å². The number of hydrogen-bond donors (Lipinski definition) is 2. The minimum absolute atomic E-state index is 0.515. The van der Waals surface area contributed by atoms with Crippen molar-refractivity contribution >= 4 is 5.97 Å². The maximum absolute atomic E-state index is 11.1. The van der Waals surface area contributed by atoms with E-state index in [2.05, 4.69) is 15.4 Å². The summed E-state index contributed by atoms with van der Waals surface area (Å²) in [6, 6.07) is -0.515. The largest absolute Gasteiger partial charge is 0.480 e. The van der Waals surface area contributed by atoms with Crippen LogP contribution in [0.4, 0.5) is 0 Å². The van der Waals surface area contributed by atoms with E-state index in [-0.39, 0.29) is 0 Å². The molecule has 0 fully saturated rings. The normalized spacial score (nSPS) is 12.6. The van der Waals surface area contributed by atoms with Crippen LogP contribution in [0.5, 0.6) is 0 Å². The number of carbonyl (C=O) groups is 1. The van der Waals surface area contributed by atoms with Crippen LogP contribution >= 0.6 is 0 Å². The van der Waals surface area contributed by atoms with Gasteiger partial charge in [0.15, 0.2) is 5.82 Å². The van der Waals surface area contributed by atoms with E-state index >= 15 is 0 Å². The lowest BCUT2D eigenvalue weighted by atomic mass is 10.2. The number of aromatic nitrogens is 3. The second-order valence-electron chi connectivity index (χ2n) is 4.51. The topological polar surface area (TPSA) is 80.0 Å². The second-order valence-corrected chi connectivity index (χ2v) is 4.51. The summed E-state index contributed by atoms with van der Waals surface area (Å²) < 4.78 is 1.84. The van der Waals surface area contributed by atoms with E-state index in [1.54, 1.807) is 0 Å². The molecular weight excluding hydrogens is 244 g/mol. The fraction of sp³-hybridized carbons (Fsp3) is 0.769. The third-order valence-corrected chi connectivity index (χ3v) is 2.99. The van der Waals surface area contributed by atoms with Crippen LogP contribution in [0.15, 0.2) is 0 Å². The van der Waals surface area contributed by atoms with Crippen LogP contribution in [0.3, 0.4) is 0 Å². The molecule has 0 saturated carbocycles. The monoisotopic (exact) mass is 268 g/mol. The standard InChI is InChI=1S/C13H24N4O2/c1-4-8-14-10(13(18)19)7-9-17-12(6-3)15-11(5-2)16-17/h10,14H,4-9H2,1-3H3,(H,18,19). The lowest BCUT2D eigenvalue weighted by molar-refractivity contribution is -0.139. The maximum atomic E-state index is 11.1. The number of nitrogens with zero attached hydrogens (tertiary/aromatic N) is 3. The first kappa shape index (κ1) is 15.6. The summed E-state index contributed by atoms with van der Waals surface area (Å²) in [5, 5.41) is 16.6. The van der Waals surface area contributed by atoms with Gasteiger partial charge < -0.3 is 10.4 Å². The third-order valence-electron chi connectivity index (χ3n) is 2.99. The van der Waals surface area contributed by atoms with E-state index in [1.807, 2.05) is 25.5 Å². The fourth-order valence-electron chi connectivity index (χ4n) is 1.90. The van der Waals surface area contributed by atoms with Gasteiger partial charge in [-0.05, 0) is 19.4 Å². The van der Waals surface area contributed by atoms with Gasteiger partial charge in [0.25, 0.3) is 0 Å². The van der Waals surface area contributed by atoms with Crippen molar-refractivity contribution in [3.05, 3.63) is 11.6 Å². The molecule has 0 radical (unpaired) electrons. The predicted molar refractivity (Wildman–Crippen MR) is 73.1 cm³/mol. The van der Waals surface area contributed by atoms with E-state index < -0.39 is 12.0 Å². The molecule has 6 heteroatoms. The zero-order chi connectivity index (χ0) is 14.3. The smallest absolute Gasteiger partial charge is 0.320 e. The zero-order valence-electron chi connectivity index (χ0n) is 12.0. The van der Waals surface area contributed by atoms with Gasteiger partial charge in [-0.15, -0.1) is 0 Å². The van der Waals surface area contributed by atoms with Crippen LogP contribution in [-0.4, -0.2) is 38.4 Å². The summed E-state index contributed by atoms with van der Waals surface area (Å²) >= 11 is 0. The summed E-state index contributed by atoms with van der Waals surface area (Å²) in [7, 11) is 0. The van der Waals surface area contributed by atoms with Crippen molar-refractivity contribution in [1.29, 1.82) is 0 Å². The molecule has 0 aliphatic heterocycles. The molecule has 0 bridgehead atoms. The summed E-state index contributed by atoms with van der Waals surface area (Å²) in [5.74, 6) is 0.948. The molecule has 1 rings (SSSR count). The highest BCUT2D eigenvalue weighted by Crippen LogP contribution is 2.04. The van der Waals surface area contributed by atoms with E-state index in [0.717, 1.165) is 37.5 Å². The molecule has 0 aliphatic carbocycles. The molecule has 1 heterocycles. The molecule has 2 N–H and O–H groups in total. The van der Waals surface area contributed by atoms with Gasteiger partial charge in [-0.2, -0.15) is 5.10 Å². The highest BCUT2D eigenvalue weighted by atomic mass is 16.4. The van der Waals surface area contributed by atoms with Gasteiger partial charge in [-0.3, -0.25) is 4.79 Å². The van der Waals surface area contributed by atoms with E-state index in [1.165, 1.54) is 0 Å². The number of hydrogen-bond acceptors (Lipinski definition) is 4. The van der Waals surface area contributed by atoms with Gasteiger partial charge >= 0.3 is 5.97 Å². The number of carboxylic acid groups (broad SMARTS) is 1. The van der Waals surface area contributed by atoms with Crippen LogP contribution in [-0.2, 0) is 24.2 Å². The Kier molecular flexibility index (Phi) is 6.49. The van der Waals surface area contributed by atoms with Gasteiger partial charge in [-0.1, -0.05) is 20.8 Å². The lowest BCUT2D eigenvalue weighted by Crippen LogP contribution is -2.38.